The molecule has 0 spiro atoms. The first kappa shape index (κ1) is 58.7. The van der Waals surface area contributed by atoms with Gasteiger partial charge in [0.2, 0.25) is 5.91 Å². The van der Waals surface area contributed by atoms with E-state index in [1.165, 1.54) is 45.4 Å². The van der Waals surface area contributed by atoms with Crippen LogP contribution < -0.4 is 26.2 Å². The molecular formula is C56H81F3N8O5. The number of carbonyl (C=O) groups is 3. The third-order valence-electron chi connectivity index (χ3n) is 13.2. The molecule has 6 atom stereocenters. The first-order valence-electron chi connectivity index (χ1n) is 25.5. The molecule has 0 saturated carbocycles. The number of alkyl carbamates (subject to hydrolysis) is 1. The number of carbonyl (C=O) groups excluding carboxylic acids is 3. The lowest BCUT2D eigenvalue weighted by atomic mass is 10.0. The van der Waals surface area contributed by atoms with E-state index in [1.807, 2.05) is 38.2 Å². The Morgan fingerprint density at radius 3 is 1.79 bits per heavy atom. The first-order valence-corrected chi connectivity index (χ1v) is 25.5. The number of anilines is 1. The Balaban J connectivity index is 0.000000476. The molecule has 3 aliphatic rings. The number of likely N-dealkylation sites (tertiary alicyclic amines) is 1. The lowest BCUT2D eigenvalue weighted by molar-refractivity contribution is -0.137. The predicted molar refractivity (Wildman–Crippen MR) is 282 cm³/mol. The van der Waals surface area contributed by atoms with Gasteiger partial charge in [0.15, 0.2) is 5.78 Å². The second-order valence-corrected chi connectivity index (χ2v) is 19.2. The van der Waals surface area contributed by atoms with E-state index in [0.717, 1.165) is 77.3 Å². The van der Waals surface area contributed by atoms with Crippen LogP contribution in [-0.4, -0.2) is 85.8 Å². The molecule has 0 aliphatic carbocycles. The fraction of sp³-hybridized carbons (Fsp3) is 0.536. The number of aromatic nitrogens is 2. The maximum Gasteiger partial charge on any atom is 0.416 e. The van der Waals surface area contributed by atoms with Crippen LogP contribution in [-0.2, 0) is 25.2 Å². The number of imidazole rings is 1. The Morgan fingerprint density at radius 2 is 1.35 bits per heavy atom. The number of H-pyrrole nitrogens is 1. The van der Waals surface area contributed by atoms with E-state index >= 15 is 0 Å². The van der Waals surface area contributed by atoms with E-state index < -0.39 is 23.9 Å². The molecular weight excluding hydrogens is 922 g/mol. The zero-order chi connectivity index (χ0) is 53.1. The Hall–Kier alpha value is -5.87. The van der Waals surface area contributed by atoms with Crippen molar-refractivity contribution in [2.45, 2.75) is 149 Å². The molecule has 396 valence electrons. The number of likely N-dealkylation sites (N-methyl/N-ethyl adjacent to an activating group) is 1. The average Bonchev–Trinajstić information content (AvgIpc) is 4.21. The maximum atomic E-state index is 13.5. The molecule has 72 heavy (non-hydrogen) atoms. The number of hydrogen-bond acceptors (Lipinski definition) is 10. The summed E-state index contributed by atoms with van der Waals surface area (Å²) in [7, 11) is 6.35. The number of ether oxygens (including phenoxy) is 2. The average molecular weight is 1000 g/mol. The number of halogens is 3. The summed E-state index contributed by atoms with van der Waals surface area (Å²) in [5.41, 5.74) is 6.33. The molecule has 5 N–H and O–H groups in total. The normalized spacial score (nSPS) is 19.1. The number of unbranched alkanes of at least 4 members (excludes halogenated alkanes) is 2. The van der Waals surface area contributed by atoms with Gasteiger partial charge in [-0.2, -0.15) is 13.2 Å². The van der Waals surface area contributed by atoms with Crippen molar-refractivity contribution >= 4 is 29.2 Å². The van der Waals surface area contributed by atoms with Crippen molar-refractivity contribution < 1.29 is 37.0 Å². The minimum atomic E-state index is -4.40. The molecule has 7 rings (SSSR count). The molecule has 3 aliphatic heterocycles. The molecule has 3 aromatic carbocycles. The van der Waals surface area contributed by atoms with E-state index in [0.29, 0.717) is 6.54 Å². The number of aromatic amines is 1. The first-order chi connectivity index (χ1) is 34.4. The highest BCUT2D eigenvalue weighted by Gasteiger charge is 2.38. The topological polar surface area (TPSA) is 153 Å². The molecule has 16 heteroatoms. The summed E-state index contributed by atoms with van der Waals surface area (Å²) in [5, 5.41) is 12.5. The fourth-order valence-corrected chi connectivity index (χ4v) is 9.42. The number of methoxy groups -OCH3 is 2. The van der Waals surface area contributed by atoms with Gasteiger partial charge in [-0.1, -0.05) is 116 Å². The molecule has 0 radical (unpaired) electrons. The highest BCUT2D eigenvalue weighted by Crippen LogP contribution is 2.48. The van der Waals surface area contributed by atoms with Gasteiger partial charge in [-0.05, 0) is 104 Å². The number of rotatable bonds is 15. The van der Waals surface area contributed by atoms with E-state index in [9.17, 15) is 27.6 Å². The Bertz CT molecular complexity index is 2300. The Kier molecular flexibility index (Phi) is 23.1. The molecule has 4 aromatic rings. The van der Waals surface area contributed by atoms with Crippen LogP contribution in [0.15, 0.2) is 85.2 Å². The van der Waals surface area contributed by atoms with Gasteiger partial charge in [0.1, 0.15) is 5.82 Å². The van der Waals surface area contributed by atoms with Crippen LogP contribution in [0.1, 0.15) is 153 Å². The number of hydrogen-bond donors (Lipinski definition) is 5. The van der Waals surface area contributed by atoms with Crippen molar-refractivity contribution in [1.29, 1.82) is 0 Å². The molecule has 2 saturated heterocycles. The SMILES string of the molecule is CCCCC.CC[C@H]1NC=C(c2ccc([C@H]3CC[C@H](c4ccc(-c5cnc([C@@H]6CCCN6C(=O)C(NC)C(C)C)[nH]5)cc4)N3c3ccc(C(F)(F)F)cc3)cc2)N1.COC.COC(=O)N[C@H](C(C)=O)C(C)C. The fourth-order valence-electron chi connectivity index (χ4n) is 9.42. The molecule has 2 fully saturated rings. The van der Waals surface area contributed by atoms with Gasteiger partial charge in [-0.3, -0.25) is 9.59 Å². The number of amides is 2. The summed E-state index contributed by atoms with van der Waals surface area (Å²) in [6, 6.07) is 21.6. The van der Waals surface area contributed by atoms with Crippen molar-refractivity contribution in [2.24, 2.45) is 11.8 Å². The number of nitrogens with zero attached hydrogens (tertiary/aromatic N) is 3. The van der Waals surface area contributed by atoms with Gasteiger partial charge < -0.3 is 45.5 Å². The molecule has 4 heterocycles. The third kappa shape index (κ3) is 15.8. The van der Waals surface area contributed by atoms with Crippen molar-refractivity contribution in [3.63, 3.8) is 0 Å². The van der Waals surface area contributed by atoms with E-state index in [4.69, 9.17) is 4.98 Å². The summed E-state index contributed by atoms with van der Waals surface area (Å²) in [6.45, 7) is 16.5. The number of ketones is 1. The van der Waals surface area contributed by atoms with Crippen molar-refractivity contribution in [3.8, 4) is 11.3 Å². The maximum absolute atomic E-state index is 13.5. The van der Waals surface area contributed by atoms with Gasteiger partial charge in [-0.15, -0.1) is 0 Å². The molecule has 0 bridgehead atoms. The second-order valence-electron chi connectivity index (χ2n) is 19.2. The lowest BCUT2D eigenvalue weighted by Crippen LogP contribution is -2.47. The Labute approximate surface area is 426 Å². The second kappa shape index (κ2) is 28.4. The smallest absolute Gasteiger partial charge is 0.416 e. The van der Waals surface area contributed by atoms with E-state index in [1.54, 1.807) is 26.4 Å². The number of alkyl halides is 3. The van der Waals surface area contributed by atoms with Gasteiger partial charge >= 0.3 is 12.3 Å². The zero-order valence-electron chi connectivity index (χ0n) is 44.6. The summed E-state index contributed by atoms with van der Waals surface area (Å²) in [6.07, 6.45) is 7.65. The standard InChI is InChI=1S/C41H48F3N7O.C8H15NO3.C5H12.C2H6O/c1-5-37-46-23-32(48-37)26-8-12-28(13-9-26)34-20-21-35(51(34)31-18-16-30(17-19-31)41(42,43)44)29-14-10-27(11-15-29)33-24-47-39(49-33)36-7-6-22-50(36)40(52)38(45-4)25(2)3;1-5(2)7(6(3)10)9-8(11)12-4;1-3-5-4-2;1-3-2/h8-19,23-25,34-38,45-46,48H,5-7,20-22H2,1-4H3,(H,47,49);5,7H,1-4H3,(H,9,11);3-5H2,1-2H3;1-2H3/t34-,35-,36+,37+,38?;7-;;/m10../s1. The summed E-state index contributed by atoms with van der Waals surface area (Å²) in [4.78, 5) is 47.6. The summed E-state index contributed by atoms with van der Waals surface area (Å²) < 4.78 is 49.2. The van der Waals surface area contributed by atoms with Crippen LogP contribution in [0.25, 0.3) is 17.0 Å². The lowest BCUT2D eigenvalue weighted by Gasteiger charge is -2.33. The number of benzene rings is 3. The van der Waals surface area contributed by atoms with Gasteiger partial charge in [-0.25, -0.2) is 9.78 Å². The summed E-state index contributed by atoms with van der Waals surface area (Å²) in [5.74, 6) is 1.11. The third-order valence-corrected chi connectivity index (χ3v) is 13.2. The highest BCUT2D eigenvalue weighted by molar-refractivity contribution is 5.85. The van der Waals surface area contributed by atoms with Crippen LogP contribution >= 0.6 is 0 Å². The van der Waals surface area contributed by atoms with Gasteiger partial charge in [0, 0.05) is 32.7 Å². The largest absolute Gasteiger partial charge is 0.453 e. The van der Waals surface area contributed by atoms with E-state index in [-0.39, 0.29) is 53.9 Å². The zero-order valence-corrected chi connectivity index (χ0v) is 44.6. The van der Waals surface area contributed by atoms with Gasteiger partial charge in [0.05, 0.1) is 66.6 Å². The van der Waals surface area contributed by atoms with Crippen LogP contribution in [0.5, 0.6) is 0 Å². The van der Waals surface area contributed by atoms with Crippen molar-refractivity contribution in [2.75, 3.05) is 39.8 Å². The minimum absolute atomic E-state index is 0.00655. The predicted octanol–water partition coefficient (Wildman–Crippen LogP) is 11.7. The van der Waals surface area contributed by atoms with Crippen molar-refractivity contribution in [1.82, 2.24) is 36.1 Å². The summed E-state index contributed by atoms with van der Waals surface area (Å²) >= 11 is 0. The van der Waals surface area contributed by atoms with Crippen LogP contribution in [0.3, 0.4) is 0 Å². The molecule has 1 aromatic heterocycles. The molecule has 13 nitrogen and oxygen atoms in total. The van der Waals surface area contributed by atoms with Crippen LogP contribution in [0, 0.1) is 11.8 Å². The monoisotopic (exact) mass is 1000 g/mol. The Morgan fingerprint density at radius 1 is 0.792 bits per heavy atom. The quantitative estimate of drug-likeness (QED) is 0.0778. The van der Waals surface area contributed by atoms with Crippen LogP contribution in [0.4, 0.5) is 23.7 Å². The van der Waals surface area contributed by atoms with Crippen molar-refractivity contribution in [3.05, 3.63) is 113 Å². The highest BCUT2D eigenvalue weighted by atomic mass is 19.4. The molecule has 1 unspecified atom stereocenters. The van der Waals surface area contributed by atoms with Gasteiger partial charge in [0.25, 0.3) is 0 Å². The van der Waals surface area contributed by atoms with Crippen LogP contribution in [0.2, 0.25) is 0 Å². The van der Waals surface area contributed by atoms with E-state index in [2.05, 4.69) is 124 Å². The minimum Gasteiger partial charge on any atom is -0.453 e. The number of Topliss-reactive ketones (excluding diaryl/α,β-unsaturated/α-hetero) is 1. The number of nitrogens with one attached hydrogen (secondary N) is 5. The molecule has 2 amide bonds.